The number of hydrogen-bond acceptors (Lipinski definition) is 6. The first-order chi connectivity index (χ1) is 14.8. The van der Waals surface area contributed by atoms with Crippen molar-refractivity contribution in [3.63, 3.8) is 0 Å². The molecule has 0 aliphatic carbocycles. The van der Waals surface area contributed by atoms with Gasteiger partial charge in [-0.15, -0.1) is 0 Å². The quantitative estimate of drug-likeness (QED) is 0.609. The highest BCUT2D eigenvalue weighted by molar-refractivity contribution is 7.99. The predicted molar refractivity (Wildman–Crippen MR) is 125 cm³/mol. The van der Waals surface area contributed by atoms with Crippen LogP contribution in [0.25, 0.3) is 0 Å². The molecule has 1 aromatic heterocycles. The summed E-state index contributed by atoms with van der Waals surface area (Å²) in [5.41, 5.74) is 1.42. The zero-order chi connectivity index (χ0) is 20.5. The molecule has 2 fully saturated rings. The minimum Gasteiger partial charge on any atom is -0.494 e. The highest BCUT2D eigenvalue weighted by atomic mass is 32.2. The van der Waals surface area contributed by atoms with E-state index in [1.807, 2.05) is 24.4 Å². The number of hydrogen-bond donors (Lipinski definition) is 1. The maximum absolute atomic E-state index is 6.02. The molecule has 0 unspecified atom stereocenters. The van der Waals surface area contributed by atoms with Crippen molar-refractivity contribution in [1.29, 1.82) is 0 Å². The molecule has 1 aromatic carbocycles. The maximum Gasteiger partial charge on any atom is 0.125 e. The van der Waals surface area contributed by atoms with Crippen molar-refractivity contribution in [3.05, 3.63) is 54.2 Å². The first-order valence-corrected chi connectivity index (χ1v) is 12.3. The van der Waals surface area contributed by atoms with E-state index >= 15 is 0 Å². The van der Waals surface area contributed by atoms with Gasteiger partial charge in [0.15, 0.2) is 0 Å². The molecular weight excluding hydrogens is 394 g/mol. The molecule has 2 aliphatic heterocycles. The summed E-state index contributed by atoms with van der Waals surface area (Å²) in [6, 6.07) is 14.7. The average Bonchev–Trinajstić information content (AvgIpc) is 2.83. The number of nitrogens with one attached hydrogen (secondary N) is 1. The van der Waals surface area contributed by atoms with Gasteiger partial charge in [-0.2, -0.15) is 11.8 Å². The van der Waals surface area contributed by atoms with E-state index in [1.54, 1.807) is 0 Å². The van der Waals surface area contributed by atoms with Crippen LogP contribution in [-0.4, -0.2) is 67.4 Å². The lowest BCUT2D eigenvalue weighted by atomic mass is 9.74. The fourth-order valence-electron chi connectivity index (χ4n) is 4.26. The Morgan fingerprint density at radius 3 is 2.60 bits per heavy atom. The number of anilines is 1. The van der Waals surface area contributed by atoms with Gasteiger partial charge in [-0.25, -0.2) is 4.98 Å². The Kier molecular flexibility index (Phi) is 7.89. The lowest BCUT2D eigenvalue weighted by Crippen LogP contribution is -2.40. The summed E-state index contributed by atoms with van der Waals surface area (Å²) < 4.78 is 11.7. The molecule has 5 nitrogen and oxygen atoms in total. The number of pyridine rings is 1. The van der Waals surface area contributed by atoms with Crippen LogP contribution in [0.5, 0.6) is 5.75 Å². The van der Waals surface area contributed by atoms with Gasteiger partial charge >= 0.3 is 0 Å². The molecule has 0 bridgehead atoms. The SMILES string of the molecule is c1ccc(NCC2(c3ccc(OCCCN4CCSCC4)cc3)CCOCC2)nc1. The minimum absolute atomic E-state index is 0.0700. The zero-order valence-electron chi connectivity index (χ0n) is 17.7. The van der Waals surface area contributed by atoms with Gasteiger partial charge in [-0.1, -0.05) is 18.2 Å². The molecule has 0 atom stereocenters. The largest absolute Gasteiger partial charge is 0.494 e. The van der Waals surface area contributed by atoms with Gasteiger partial charge < -0.3 is 19.7 Å². The number of nitrogens with zero attached hydrogens (tertiary/aromatic N) is 2. The number of aromatic nitrogens is 1. The third-order valence-corrected chi connectivity index (χ3v) is 7.12. The zero-order valence-corrected chi connectivity index (χ0v) is 18.5. The van der Waals surface area contributed by atoms with Gasteiger partial charge in [0.25, 0.3) is 0 Å². The lowest BCUT2D eigenvalue weighted by molar-refractivity contribution is 0.0543. The van der Waals surface area contributed by atoms with E-state index in [0.29, 0.717) is 0 Å². The molecule has 0 radical (unpaired) electrons. The van der Waals surface area contributed by atoms with Crippen molar-refractivity contribution in [2.45, 2.75) is 24.7 Å². The van der Waals surface area contributed by atoms with E-state index in [2.05, 4.69) is 51.2 Å². The van der Waals surface area contributed by atoms with E-state index < -0.39 is 0 Å². The fraction of sp³-hybridized carbons (Fsp3) is 0.542. The van der Waals surface area contributed by atoms with E-state index in [1.165, 1.54) is 30.2 Å². The van der Waals surface area contributed by atoms with Crippen LogP contribution >= 0.6 is 11.8 Å². The van der Waals surface area contributed by atoms with Crippen LogP contribution in [0.3, 0.4) is 0 Å². The van der Waals surface area contributed by atoms with Gasteiger partial charge in [0, 0.05) is 62.5 Å². The third kappa shape index (κ3) is 5.90. The average molecular weight is 428 g/mol. The van der Waals surface area contributed by atoms with Crippen LogP contribution in [0.15, 0.2) is 48.7 Å². The first kappa shape index (κ1) is 21.5. The second-order valence-electron chi connectivity index (χ2n) is 8.14. The molecule has 6 heteroatoms. The Labute approximate surface area is 184 Å². The standard InChI is InChI=1S/C24H33N3O2S/c1-2-11-25-23(4-1)26-20-24(9-16-28-17-10-24)21-5-7-22(8-6-21)29-15-3-12-27-13-18-30-19-14-27/h1-2,4-8,11H,3,9-10,12-20H2,(H,25,26). The van der Waals surface area contributed by atoms with E-state index in [0.717, 1.165) is 63.7 Å². The van der Waals surface area contributed by atoms with Gasteiger partial charge in [-0.3, -0.25) is 0 Å². The molecule has 30 heavy (non-hydrogen) atoms. The lowest BCUT2D eigenvalue weighted by Gasteiger charge is -2.38. The van der Waals surface area contributed by atoms with Gasteiger partial charge in [0.05, 0.1) is 6.61 Å². The summed E-state index contributed by atoms with van der Waals surface area (Å²) in [7, 11) is 0. The minimum atomic E-state index is 0.0700. The van der Waals surface area contributed by atoms with E-state index in [9.17, 15) is 0 Å². The van der Waals surface area contributed by atoms with Crippen LogP contribution in [-0.2, 0) is 10.2 Å². The van der Waals surface area contributed by atoms with Crippen molar-refractivity contribution < 1.29 is 9.47 Å². The summed E-state index contributed by atoms with van der Waals surface area (Å²) >= 11 is 2.06. The second-order valence-corrected chi connectivity index (χ2v) is 9.37. The van der Waals surface area contributed by atoms with Gasteiger partial charge in [-0.05, 0) is 49.1 Å². The number of benzene rings is 1. The Hall–Kier alpha value is -1.76. The Morgan fingerprint density at radius 1 is 1.07 bits per heavy atom. The molecule has 4 rings (SSSR count). The van der Waals surface area contributed by atoms with Gasteiger partial charge in [0.1, 0.15) is 11.6 Å². The topological polar surface area (TPSA) is 46.6 Å². The van der Waals surface area contributed by atoms with Gasteiger partial charge in [0.2, 0.25) is 0 Å². The molecule has 2 aliphatic rings. The molecular formula is C24H33N3O2S. The summed E-state index contributed by atoms with van der Waals surface area (Å²) in [6.45, 7) is 6.83. The third-order valence-electron chi connectivity index (χ3n) is 6.18. The molecule has 1 N–H and O–H groups in total. The molecule has 0 saturated carbocycles. The summed E-state index contributed by atoms with van der Waals surface area (Å²) in [4.78, 5) is 6.96. The van der Waals surface area contributed by atoms with Crippen molar-refractivity contribution in [1.82, 2.24) is 9.88 Å². The molecule has 0 spiro atoms. The highest BCUT2D eigenvalue weighted by Gasteiger charge is 2.34. The molecule has 3 heterocycles. The number of thioether (sulfide) groups is 1. The van der Waals surface area contributed by atoms with Crippen molar-refractivity contribution in [3.8, 4) is 5.75 Å². The smallest absolute Gasteiger partial charge is 0.125 e. The molecule has 0 amide bonds. The summed E-state index contributed by atoms with van der Waals surface area (Å²) in [5, 5.41) is 3.54. The molecule has 2 aromatic rings. The summed E-state index contributed by atoms with van der Waals surface area (Å²) in [5.74, 6) is 4.43. The predicted octanol–water partition coefficient (Wildman–Crippen LogP) is 4.06. The van der Waals surface area contributed by atoms with Crippen molar-refractivity contribution in [2.24, 2.45) is 0 Å². The summed E-state index contributed by atoms with van der Waals surface area (Å²) in [6.07, 6.45) is 4.94. The highest BCUT2D eigenvalue weighted by Crippen LogP contribution is 2.36. The first-order valence-electron chi connectivity index (χ1n) is 11.1. The van der Waals surface area contributed by atoms with Crippen molar-refractivity contribution in [2.75, 3.05) is 62.8 Å². The number of rotatable bonds is 9. The van der Waals surface area contributed by atoms with E-state index in [-0.39, 0.29) is 5.41 Å². The van der Waals surface area contributed by atoms with Crippen LogP contribution < -0.4 is 10.1 Å². The normalized spacial score (nSPS) is 19.3. The van der Waals surface area contributed by atoms with Crippen LogP contribution in [0, 0.1) is 0 Å². The molecule has 2 saturated heterocycles. The Bertz CT molecular complexity index is 745. The van der Waals surface area contributed by atoms with Crippen molar-refractivity contribution >= 4 is 17.6 Å². The Balaban J connectivity index is 1.31. The van der Waals surface area contributed by atoms with Crippen LogP contribution in [0.1, 0.15) is 24.8 Å². The maximum atomic E-state index is 6.02. The second kappa shape index (κ2) is 11.0. The van der Waals surface area contributed by atoms with Crippen LogP contribution in [0.4, 0.5) is 5.82 Å². The Morgan fingerprint density at radius 2 is 1.87 bits per heavy atom. The fourth-order valence-corrected chi connectivity index (χ4v) is 5.24. The number of ether oxygens (including phenoxy) is 2. The van der Waals surface area contributed by atoms with E-state index in [4.69, 9.17) is 9.47 Å². The van der Waals surface area contributed by atoms with Crippen LogP contribution in [0.2, 0.25) is 0 Å². The molecule has 162 valence electrons. The monoisotopic (exact) mass is 427 g/mol.